The minimum atomic E-state index is 0.769. The highest BCUT2D eigenvalue weighted by Gasteiger charge is 2.02. The van der Waals surface area contributed by atoms with Gasteiger partial charge in [0, 0.05) is 26.4 Å². The van der Waals surface area contributed by atoms with Crippen molar-refractivity contribution in [3.05, 3.63) is 0 Å². The van der Waals surface area contributed by atoms with Gasteiger partial charge < -0.3 is 9.47 Å². The van der Waals surface area contributed by atoms with E-state index >= 15 is 0 Å². The second kappa shape index (κ2) is 16.0. The predicted molar refractivity (Wildman–Crippen MR) is 83.7 cm³/mol. The van der Waals surface area contributed by atoms with E-state index in [9.17, 15) is 0 Å². The monoisotopic (exact) mass is 272 g/mol. The molecule has 0 N–H and O–H groups in total. The van der Waals surface area contributed by atoms with Crippen LogP contribution in [-0.2, 0) is 9.47 Å². The summed E-state index contributed by atoms with van der Waals surface area (Å²) in [7, 11) is 0. The Hall–Kier alpha value is -0.0800. The Morgan fingerprint density at radius 3 is 2.05 bits per heavy atom. The van der Waals surface area contributed by atoms with Gasteiger partial charge in [0.2, 0.25) is 0 Å². The molecular formula is C17H36O2. The number of hydrogen-bond acceptors (Lipinski definition) is 2. The Morgan fingerprint density at radius 1 is 0.632 bits per heavy atom. The molecule has 0 saturated heterocycles. The maximum absolute atomic E-state index is 5.70. The minimum Gasteiger partial charge on any atom is -0.381 e. The molecule has 1 atom stereocenters. The van der Waals surface area contributed by atoms with E-state index in [1.807, 2.05) is 0 Å². The Bertz CT molecular complexity index is 159. The van der Waals surface area contributed by atoms with Gasteiger partial charge in [-0.3, -0.25) is 0 Å². The molecule has 0 aromatic carbocycles. The Kier molecular flexibility index (Phi) is 15.9. The van der Waals surface area contributed by atoms with Crippen molar-refractivity contribution in [3.8, 4) is 0 Å². The summed E-state index contributed by atoms with van der Waals surface area (Å²) >= 11 is 0. The van der Waals surface area contributed by atoms with E-state index in [0.717, 1.165) is 38.8 Å². The molecule has 0 radical (unpaired) electrons. The summed E-state index contributed by atoms with van der Waals surface area (Å²) < 4.78 is 11.2. The van der Waals surface area contributed by atoms with Gasteiger partial charge in [0.15, 0.2) is 0 Å². The zero-order chi connectivity index (χ0) is 14.2. The Balaban J connectivity index is 3.09. The molecule has 0 saturated carbocycles. The molecule has 1 unspecified atom stereocenters. The first-order valence-electron chi connectivity index (χ1n) is 8.46. The molecule has 0 aromatic heterocycles. The largest absolute Gasteiger partial charge is 0.381 e. The SMILES string of the molecule is CCCCCCCOCCC(C)CCCOCCC. The highest BCUT2D eigenvalue weighted by Crippen LogP contribution is 2.11. The number of unbranched alkanes of at least 4 members (excludes halogenated alkanes) is 4. The third-order valence-electron chi connectivity index (χ3n) is 3.48. The molecule has 0 amide bonds. The minimum absolute atomic E-state index is 0.769. The highest BCUT2D eigenvalue weighted by molar-refractivity contribution is 4.53. The van der Waals surface area contributed by atoms with E-state index in [0.29, 0.717) is 0 Å². The van der Waals surface area contributed by atoms with Crippen LogP contribution < -0.4 is 0 Å². The van der Waals surface area contributed by atoms with Gasteiger partial charge in [-0.2, -0.15) is 0 Å². The Labute approximate surface area is 121 Å². The topological polar surface area (TPSA) is 18.5 Å². The third-order valence-corrected chi connectivity index (χ3v) is 3.48. The fraction of sp³-hybridized carbons (Fsp3) is 1.00. The van der Waals surface area contributed by atoms with E-state index in [2.05, 4.69) is 20.8 Å². The maximum atomic E-state index is 5.70. The average molecular weight is 272 g/mol. The van der Waals surface area contributed by atoms with Gasteiger partial charge in [0.1, 0.15) is 0 Å². The van der Waals surface area contributed by atoms with Crippen molar-refractivity contribution in [1.82, 2.24) is 0 Å². The van der Waals surface area contributed by atoms with Crippen LogP contribution in [0.2, 0.25) is 0 Å². The van der Waals surface area contributed by atoms with Crippen molar-refractivity contribution in [2.75, 3.05) is 26.4 Å². The van der Waals surface area contributed by atoms with Gasteiger partial charge in [0.25, 0.3) is 0 Å². The molecule has 19 heavy (non-hydrogen) atoms. The summed E-state index contributed by atoms with van der Waals surface area (Å²) in [5, 5.41) is 0. The van der Waals surface area contributed by atoms with Crippen LogP contribution >= 0.6 is 0 Å². The van der Waals surface area contributed by atoms with Crippen LogP contribution in [-0.4, -0.2) is 26.4 Å². The van der Waals surface area contributed by atoms with E-state index < -0.39 is 0 Å². The van der Waals surface area contributed by atoms with Gasteiger partial charge in [-0.1, -0.05) is 46.5 Å². The number of ether oxygens (including phenoxy) is 2. The average Bonchev–Trinajstić information content (AvgIpc) is 2.41. The molecule has 0 aliphatic heterocycles. The fourth-order valence-electron chi connectivity index (χ4n) is 2.12. The molecule has 0 aromatic rings. The van der Waals surface area contributed by atoms with Gasteiger partial charge >= 0.3 is 0 Å². The summed E-state index contributed by atoms with van der Waals surface area (Å²) in [6.45, 7) is 10.5. The second-order valence-corrected chi connectivity index (χ2v) is 5.68. The third kappa shape index (κ3) is 15.9. The lowest BCUT2D eigenvalue weighted by molar-refractivity contribution is 0.109. The van der Waals surface area contributed by atoms with Gasteiger partial charge in [0.05, 0.1) is 0 Å². The molecule has 2 nitrogen and oxygen atoms in total. The molecule has 0 bridgehead atoms. The molecule has 0 fully saturated rings. The summed E-state index contributed by atoms with van der Waals surface area (Å²) in [4.78, 5) is 0. The van der Waals surface area contributed by atoms with Crippen LogP contribution in [0.1, 0.15) is 78.6 Å². The first-order chi connectivity index (χ1) is 9.31. The standard InChI is InChI=1S/C17H36O2/c1-4-6-7-8-9-14-19-16-12-17(3)11-10-15-18-13-5-2/h17H,4-16H2,1-3H3. The van der Waals surface area contributed by atoms with Crippen LogP contribution in [0.5, 0.6) is 0 Å². The van der Waals surface area contributed by atoms with Gasteiger partial charge in [-0.15, -0.1) is 0 Å². The summed E-state index contributed by atoms with van der Waals surface area (Å²) in [5.41, 5.74) is 0. The molecule has 0 rings (SSSR count). The van der Waals surface area contributed by atoms with E-state index in [4.69, 9.17) is 9.47 Å². The first-order valence-corrected chi connectivity index (χ1v) is 8.46. The molecule has 116 valence electrons. The van der Waals surface area contributed by atoms with E-state index in [1.165, 1.54) is 51.4 Å². The first kappa shape index (κ1) is 18.9. The van der Waals surface area contributed by atoms with E-state index in [1.54, 1.807) is 0 Å². The zero-order valence-electron chi connectivity index (χ0n) is 13.6. The summed E-state index contributed by atoms with van der Waals surface area (Å²) in [6, 6.07) is 0. The van der Waals surface area contributed by atoms with Crippen molar-refractivity contribution in [2.24, 2.45) is 5.92 Å². The van der Waals surface area contributed by atoms with Crippen molar-refractivity contribution in [1.29, 1.82) is 0 Å². The van der Waals surface area contributed by atoms with Crippen molar-refractivity contribution >= 4 is 0 Å². The van der Waals surface area contributed by atoms with Crippen LogP contribution in [0.15, 0.2) is 0 Å². The summed E-state index contributed by atoms with van der Waals surface area (Å²) in [5.74, 6) is 0.769. The molecule has 2 heteroatoms. The smallest absolute Gasteiger partial charge is 0.0468 e. The van der Waals surface area contributed by atoms with E-state index in [-0.39, 0.29) is 0 Å². The zero-order valence-corrected chi connectivity index (χ0v) is 13.6. The summed E-state index contributed by atoms with van der Waals surface area (Å²) in [6.07, 6.45) is 11.4. The van der Waals surface area contributed by atoms with Crippen LogP contribution in [0.3, 0.4) is 0 Å². The van der Waals surface area contributed by atoms with Crippen LogP contribution in [0.4, 0.5) is 0 Å². The van der Waals surface area contributed by atoms with Gasteiger partial charge in [-0.05, 0) is 38.0 Å². The van der Waals surface area contributed by atoms with Crippen molar-refractivity contribution in [3.63, 3.8) is 0 Å². The Morgan fingerprint density at radius 2 is 1.32 bits per heavy atom. The normalized spacial score (nSPS) is 12.8. The van der Waals surface area contributed by atoms with Crippen LogP contribution in [0, 0.1) is 5.92 Å². The molecule has 0 heterocycles. The van der Waals surface area contributed by atoms with Crippen molar-refractivity contribution < 1.29 is 9.47 Å². The number of rotatable bonds is 15. The molecule has 0 aliphatic rings. The van der Waals surface area contributed by atoms with Crippen molar-refractivity contribution in [2.45, 2.75) is 78.6 Å². The maximum Gasteiger partial charge on any atom is 0.0468 e. The molecular weight excluding hydrogens is 236 g/mol. The lowest BCUT2D eigenvalue weighted by Gasteiger charge is -2.11. The number of hydrogen-bond donors (Lipinski definition) is 0. The quantitative estimate of drug-likeness (QED) is 0.381. The van der Waals surface area contributed by atoms with Gasteiger partial charge in [-0.25, -0.2) is 0 Å². The lowest BCUT2D eigenvalue weighted by atomic mass is 10.0. The van der Waals surface area contributed by atoms with Crippen LogP contribution in [0.25, 0.3) is 0 Å². The second-order valence-electron chi connectivity index (χ2n) is 5.68. The molecule has 0 spiro atoms. The fourth-order valence-corrected chi connectivity index (χ4v) is 2.12. The highest BCUT2D eigenvalue weighted by atomic mass is 16.5. The lowest BCUT2D eigenvalue weighted by Crippen LogP contribution is -2.05. The molecule has 0 aliphatic carbocycles. The predicted octanol–water partition coefficient (Wildman–Crippen LogP) is 5.21.